The predicted octanol–water partition coefficient (Wildman–Crippen LogP) is 2.21. The summed E-state index contributed by atoms with van der Waals surface area (Å²) < 4.78 is 5.46. The van der Waals surface area contributed by atoms with Gasteiger partial charge in [-0.1, -0.05) is 17.7 Å². The zero-order valence-corrected chi connectivity index (χ0v) is 11.8. The molecular weight excluding hydrogens is 282 g/mol. The van der Waals surface area contributed by atoms with Gasteiger partial charge in [0.05, 0.1) is 0 Å². The monoisotopic (exact) mass is 297 g/mol. The van der Waals surface area contributed by atoms with E-state index in [1.54, 1.807) is 31.2 Å². The Morgan fingerprint density at radius 2 is 2.05 bits per heavy atom. The lowest BCUT2D eigenvalue weighted by Gasteiger charge is -2.23. The normalized spacial score (nSPS) is 11.5. The second-order valence-corrected chi connectivity index (χ2v) is 4.55. The number of halogens is 1. The van der Waals surface area contributed by atoms with Gasteiger partial charge >= 0.3 is 5.97 Å². The average molecular weight is 298 g/mol. The van der Waals surface area contributed by atoms with Crippen LogP contribution in [0.25, 0.3) is 0 Å². The van der Waals surface area contributed by atoms with Crippen molar-refractivity contribution in [2.75, 3.05) is 13.1 Å². The average Bonchev–Trinajstić information content (AvgIpc) is 2.39. The lowest BCUT2D eigenvalue weighted by molar-refractivity contribution is -0.146. The molecule has 20 heavy (non-hydrogen) atoms. The molecule has 5 nitrogen and oxygen atoms in total. The van der Waals surface area contributed by atoms with Gasteiger partial charge in [0.1, 0.15) is 12.3 Å². The lowest BCUT2D eigenvalue weighted by Crippen LogP contribution is -2.43. The molecule has 0 aliphatic carbocycles. The molecule has 1 aromatic carbocycles. The van der Waals surface area contributed by atoms with E-state index in [-0.39, 0.29) is 13.1 Å². The summed E-state index contributed by atoms with van der Waals surface area (Å²) in [6.07, 6.45) is 0.672. The van der Waals surface area contributed by atoms with E-state index in [0.717, 1.165) is 4.90 Å². The summed E-state index contributed by atoms with van der Waals surface area (Å²) in [5, 5.41) is 9.34. The van der Waals surface area contributed by atoms with Gasteiger partial charge in [-0.05, 0) is 31.2 Å². The van der Waals surface area contributed by atoms with Crippen LogP contribution in [0, 0.1) is 0 Å². The molecule has 0 aromatic heterocycles. The fourth-order valence-corrected chi connectivity index (χ4v) is 1.70. The minimum atomic E-state index is -1.08. The third-order valence-corrected chi connectivity index (χ3v) is 2.71. The Labute approximate surface area is 122 Å². The van der Waals surface area contributed by atoms with E-state index in [2.05, 4.69) is 6.58 Å². The van der Waals surface area contributed by atoms with Gasteiger partial charge in [-0.2, -0.15) is 0 Å². The Balaban J connectivity index is 2.70. The number of hydrogen-bond donors (Lipinski definition) is 1. The van der Waals surface area contributed by atoms with Crippen molar-refractivity contribution in [1.82, 2.24) is 4.90 Å². The third-order valence-electron chi connectivity index (χ3n) is 2.46. The van der Waals surface area contributed by atoms with Gasteiger partial charge in [0.15, 0.2) is 6.10 Å². The van der Waals surface area contributed by atoms with Crippen LogP contribution in [-0.4, -0.2) is 41.1 Å². The molecule has 108 valence electrons. The maximum Gasteiger partial charge on any atom is 0.323 e. The number of aliphatic carboxylic acids is 1. The van der Waals surface area contributed by atoms with E-state index >= 15 is 0 Å². The first-order chi connectivity index (χ1) is 9.43. The Morgan fingerprint density at radius 3 is 2.55 bits per heavy atom. The van der Waals surface area contributed by atoms with Crippen LogP contribution in [0.1, 0.15) is 6.92 Å². The number of carbonyl (C=O) groups is 2. The molecule has 0 heterocycles. The summed E-state index contributed by atoms with van der Waals surface area (Å²) in [7, 11) is 0. The van der Waals surface area contributed by atoms with Crippen molar-refractivity contribution in [2.45, 2.75) is 13.0 Å². The topological polar surface area (TPSA) is 66.8 Å². The zero-order valence-electron chi connectivity index (χ0n) is 11.1. The van der Waals surface area contributed by atoms with Crippen molar-refractivity contribution in [3.8, 4) is 5.75 Å². The highest BCUT2D eigenvalue weighted by atomic mass is 35.5. The molecular formula is C14H16ClNO4. The standard InChI is InChI=1S/C14H16ClNO4/c1-3-8-16(9-13(17)18)14(19)10(2)20-12-6-4-11(15)5-7-12/h3-7,10H,1,8-9H2,2H3,(H,17,18). The highest BCUT2D eigenvalue weighted by Gasteiger charge is 2.23. The number of carbonyl (C=O) groups excluding carboxylic acids is 1. The summed E-state index contributed by atoms with van der Waals surface area (Å²) in [6, 6.07) is 6.57. The summed E-state index contributed by atoms with van der Waals surface area (Å²) in [4.78, 5) is 24.0. The molecule has 0 aliphatic rings. The number of amides is 1. The molecule has 1 rings (SSSR count). The molecule has 1 atom stereocenters. The largest absolute Gasteiger partial charge is 0.481 e. The summed E-state index contributed by atoms with van der Waals surface area (Å²) in [5.41, 5.74) is 0. The highest BCUT2D eigenvalue weighted by Crippen LogP contribution is 2.17. The minimum Gasteiger partial charge on any atom is -0.481 e. The van der Waals surface area contributed by atoms with Crippen LogP contribution >= 0.6 is 11.6 Å². The third kappa shape index (κ3) is 4.93. The molecule has 0 saturated heterocycles. The van der Waals surface area contributed by atoms with Crippen LogP contribution in [0.5, 0.6) is 5.75 Å². The van der Waals surface area contributed by atoms with Crippen molar-refractivity contribution in [2.24, 2.45) is 0 Å². The SMILES string of the molecule is C=CCN(CC(=O)O)C(=O)C(C)Oc1ccc(Cl)cc1. The molecule has 1 N–H and O–H groups in total. The maximum absolute atomic E-state index is 12.1. The Hall–Kier alpha value is -2.01. The number of benzene rings is 1. The van der Waals surface area contributed by atoms with Gasteiger partial charge in [-0.3, -0.25) is 9.59 Å². The molecule has 6 heteroatoms. The number of ether oxygens (including phenoxy) is 1. The Bertz CT molecular complexity index is 486. The Kier molecular flexibility index (Phi) is 6.06. The van der Waals surface area contributed by atoms with Crippen LogP contribution in [0.3, 0.4) is 0 Å². The second-order valence-electron chi connectivity index (χ2n) is 4.12. The lowest BCUT2D eigenvalue weighted by atomic mass is 10.3. The first kappa shape index (κ1) is 16.0. The molecule has 0 saturated carbocycles. The van der Waals surface area contributed by atoms with E-state index in [0.29, 0.717) is 10.8 Å². The quantitative estimate of drug-likeness (QED) is 0.784. The Morgan fingerprint density at radius 1 is 1.45 bits per heavy atom. The van der Waals surface area contributed by atoms with Gasteiger partial charge in [-0.25, -0.2) is 0 Å². The van der Waals surface area contributed by atoms with Crippen LogP contribution in [0.15, 0.2) is 36.9 Å². The fourth-order valence-electron chi connectivity index (χ4n) is 1.58. The van der Waals surface area contributed by atoms with Crippen molar-refractivity contribution >= 4 is 23.5 Å². The zero-order chi connectivity index (χ0) is 15.1. The van der Waals surface area contributed by atoms with Crippen molar-refractivity contribution in [3.05, 3.63) is 41.9 Å². The molecule has 1 amide bonds. The first-order valence-corrected chi connectivity index (χ1v) is 6.35. The van der Waals surface area contributed by atoms with Crippen molar-refractivity contribution in [3.63, 3.8) is 0 Å². The molecule has 0 fully saturated rings. The minimum absolute atomic E-state index is 0.152. The molecule has 0 aliphatic heterocycles. The number of carboxylic acid groups (broad SMARTS) is 1. The molecule has 0 spiro atoms. The maximum atomic E-state index is 12.1. The van der Waals surface area contributed by atoms with Gasteiger partial charge < -0.3 is 14.7 Å². The van der Waals surface area contributed by atoms with E-state index < -0.39 is 18.0 Å². The first-order valence-electron chi connectivity index (χ1n) is 5.97. The van der Waals surface area contributed by atoms with Crippen LogP contribution < -0.4 is 4.74 Å². The van der Waals surface area contributed by atoms with E-state index in [1.807, 2.05) is 0 Å². The highest BCUT2D eigenvalue weighted by molar-refractivity contribution is 6.30. The van der Waals surface area contributed by atoms with Crippen molar-refractivity contribution in [1.29, 1.82) is 0 Å². The molecule has 0 radical (unpaired) electrons. The van der Waals surface area contributed by atoms with Crippen LogP contribution in [-0.2, 0) is 9.59 Å². The number of hydrogen-bond acceptors (Lipinski definition) is 3. The summed E-state index contributed by atoms with van der Waals surface area (Å²) >= 11 is 5.75. The van der Waals surface area contributed by atoms with E-state index in [1.165, 1.54) is 6.08 Å². The molecule has 1 aromatic rings. The summed E-state index contributed by atoms with van der Waals surface area (Å²) in [6.45, 7) is 4.83. The van der Waals surface area contributed by atoms with E-state index in [4.69, 9.17) is 21.4 Å². The van der Waals surface area contributed by atoms with Gasteiger partial charge in [-0.15, -0.1) is 6.58 Å². The summed E-state index contributed by atoms with van der Waals surface area (Å²) in [5.74, 6) is -1.01. The van der Waals surface area contributed by atoms with Gasteiger partial charge in [0.25, 0.3) is 5.91 Å². The van der Waals surface area contributed by atoms with Gasteiger partial charge in [0.2, 0.25) is 0 Å². The van der Waals surface area contributed by atoms with E-state index in [9.17, 15) is 9.59 Å². The number of rotatable bonds is 7. The smallest absolute Gasteiger partial charge is 0.323 e. The molecule has 0 bridgehead atoms. The second kappa shape index (κ2) is 7.55. The van der Waals surface area contributed by atoms with Crippen LogP contribution in [0.4, 0.5) is 0 Å². The van der Waals surface area contributed by atoms with Crippen molar-refractivity contribution < 1.29 is 19.4 Å². The molecule has 1 unspecified atom stereocenters. The van der Waals surface area contributed by atoms with Gasteiger partial charge in [0, 0.05) is 11.6 Å². The fraction of sp³-hybridized carbons (Fsp3) is 0.286. The predicted molar refractivity (Wildman–Crippen MR) is 76.0 cm³/mol. The number of carboxylic acids is 1. The number of nitrogens with zero attached hydrogens (tertiary/aromatic N) is 1. The van der Waals surface area contributed by atoms with Crippen LogP contribution in [0.2, 0.25) is 5.02 Å².